The van der Waals surface area contributed by atoms with Gasteiger partial charge in [0.05, 0.1) is 5.56 Å². The van der Waals surface area contributed by atoms with Crippen LogP contribution in [0.25, 0.3) is 0 Å². The van der Waals surface area contributed by atoms with Gasteiger partial charge in [0.25, 0.3) is 5.91 Å². The van der Waals surface area contributed by atoms with Crippen LogP contribution in [-0.2, 0) is 0 Å². The number of nitrogens with zero attached hydrogens (tertiary/aromatic N) is 1. The standard InChI is InChI=1S/C16H25N3O/c1-19(2)15-10-9-12(17)11-14(15)16(20)18-13-7-5-3-4-6-8-13/h9-11,13H,3-8,17H2,1-2H3,(H,18,20). The van der Waals surface area contributed by atoms with Crippen LogP contribution in [0.1, 0.15) is 48.9 Å². The van der Waals surface area contributed by atoms with Gasteiger partial charge >= 0.3 is 0 Å². The lowest BCUT2D eigenvalue weighted by molar-refractivity contribution is 0.0934. The molecule has 4 nitrogen and oxygen atoms in total. The molecule has 0 spiro atoms. The Hall–Kier alpha value is -1.71. The average molecular weight is 275 g/mol. The minimum absolute atomic E-state index is 0.00657. The first-order valence-electron chi connectivity index (χ1n) is 7.45. The molecule has 1 aromatic carbocycles. The van der Waals surface area contributed by atoms with Crippen LogP contribution in [0, 0.1) is 0 Å². The molecule has 0 aliphatic heterocycles. The number of nitrogen functional groups attached to an aromatic ring is 1. The van der Waals surface area contributed by atoms with Crippen molar-refractivity contribution >= 4 is 17.3 Å². The van der Waals surface area contributed by atoms with Gasteiger partial charge < -0.3 is 16.0 Å². The number of rotatable bonds is 3. The molecule has 110 valence electrons. The van der Waals surface area contributed by atoms with Crippen LogP contribution in [0.15, 0.2) is 18.2 Å². The van der Waals surface area contributed by atoms with Crippen molar-refractivity contribution in [2.24, 2.45) is 0 Å². The molecule has 0 saturated heterocycles. The number of nitrogens with one attached hydrogen (secondary N) is 1. The Bertz CT molecular complexity index is 463. The summed E-state index contributed by atoms with van der Waals surface area (Å²) in [5.41, 5.74) is 8.03. The van der Waals surface area contributed by atoms with E-state index in [1.165, 1.54) is 25.7 Å². The molecule has 2 rings (SSSR count). The molecule has 0 atom stereocenters. The monoisotopic (exact) mass is 275 g/mol. The first kappa shape index (κ1) is 14.7. The van der Waals surface area contributed by atoms with E-state index in [0.29, 0.717) is 17.3 Å². The molecule has 0 bridgehead atoms. The number of anilines is 2. The second-order valence-electron chi connectivity index (χ2n) is 5.83. The van der Waals surface area contributed by atoms with E-state index in [9.17, 15) is 4.79 Å². The first-order valence-corrected chi connectivity index (χ1v) is 7.45. The van der Waals surface area contributed by atoms with Gasteiger partial charge in [-0.3, -0.25) is 4.79 Å². The molecule has 0 aromatic heterocycles. The molecule has 1 aliphatic carbocycles. The fourth-order valence-corrected chi connectivity index (χ4v) is 2.81. The summed E-state index contributed by atoms with van der Waals surface area (Å²) >= 11 is 0. The van der Waals surface area contributed by atoms with Gasteiger partial charge in [-0.05, 0) is 31.0 Å². The van der Waals surface area contributed by atoms with Crippen molar-refractivity contribution in [3.05, 3.63) is 23.8 Å². The largest absolute Gasteiger partial charge is 0.399 e. The Morgan fingerprint density at radius 2 is 1.85 bits per heavy atom. The Kier molecular flexibility index (Phi) is 4.88. The average Bonchev–Trinajstić information content (AvgIpc) is 2.66. The summed E-state index contributed by atoms with van der Waals surface area (Å²) < 4.78 is 0. The predicted molar refractivity (Wildman–Crippen MR) is 84.1 cm³/mol. The van der Waals surface area contributed by atoms with Crippen LogP contribution in [0.2, 0.25) is 0 Å². The van der Waals surface area contributed by atoms with Crippen molar-refractivity contribution in [2.45, 2.75) is 44.6 Å². The summed E-state index contributed by atoms with van der Waals surface area (Å²) in [6.45, 7) is 0. The second kappa shape index (κ2) is 6.64. The molecular weight excluding hydrogens is 250 g/mol. The highest BCUT2D eigenvalue weighted by molar-refractivity contribution is 6.00. The van der Waals surface area contributed by atoms with Crippen molar-refractivity contribution < 1.29 is 4.79 Å². The Balaban J connectivity index is 2.13. The maximum absolute atomic E-state index is 12.5. The SMILES string of the molecule is CN(C)c1ccc(N)cc1C(=O)NC1CCCCCC1. The highest BCUT2D eigenvalue weighted by Gasteiger charge is 2.18. The van der Waals surface area contributed by atoms with Crippen molar-refractivity contribution in [3.63, 3.8) is 0 Å². The zero-order chi connectivity index (χ0) is 14.5. The Morgan fingerprint density at radius 1 is 1.20 bits per heavy atom. The lowest BCUT2D eigenvalue weighted by Crippen LogP contribution is -2.35. The van der Waals surface area contributed by atoms with E-state index >= 15 is 0 Å². The highest BCUT2D eigenvalue weighted by Crippen LogP contribution is 2.23. The molecule has 1 saturated carbocycles. The molecule has 1 aromatic rings. The van der Waals surface area contributed by atoms with Gasteiger partial charge in [-0.15, -0.1) is 0 Å². The first-order chi connectivity index (χ1) is 9.58. The Labute approximate surface area is 121 Å². The van der Waals surface area contributed by atoms with Crippen LogP contribution in [0.5, 0.6) is 0 Å². The van der Waals surface area contributed by atoms with E-state index in [-0.39, 0.29) is 5.91 Å². The molecule has 1 fully saturated rings. The lowest BCUT2D eigenvalue weighted by atomic mass is 10.1. The molecule has 1 amide bonds. The minimum atomic E-state index is -0.00657. The molecule has 1 aliphatic rings. The quantitative estimate of drug-likeness (QED) is 0.659. The zero-order valence-electron chi connectivity index (χ0n) is 12.5. The molecule has 0 radical (unpaired) electrons. The van der Waals surface area contributed by atoms with E-state index in [2.05, 4.69) is 5.32 Å². The number of benzene rings is 1. The number of hydrogen-bond acceptors (Lipinski definition) is 3. The predicted octanol–water partition coefficient (Wildman–Crippen LogP) is 2.79. The summed E-state index contributed by atoms with van der Waals surface area (Å²) in [6, 6.07) is 5.80. The van der Waals surface area contributed by atoms with E-state index in [4.69, 9.17) is 5.73 Å². The Morgan fingerprint density at radius 3 is 2.45 bits per heavy atom. The third-order valence-corrected chi connectivity index (χ3v) is 3.94. The van der Waals surface area contributed by atoms with Crippen LogP contribution in [0.3, 0.4) is 0 Å². The number of amides is 1. The zero-order valence-corrected chi connectivity index (χ0v) is 12.5. The smallest absolute Gasteiger partial charge is 0.253 e. The number of carbonyl (C=O) groups excluding carboxylic acids is 1. The van der Waals surface area contributed by atoms with E-state index in [1.54, 1.807) is 6.07 Å². The van der Waals surface area contributed by atoms with Gasteiger partial charge in [-0.1, -0.05) is 25.7 Å². The molecular formula is C16H25N3O. The normalized spacial score (nSPS) is 16.5. The van der Waals surface area contributed by atoms with Gasteiger partial charge in [0, 0.05) is 31.5 Å². The van der Waals surface area contributed by atoms with Crippen LogP contribution in [0.4, 0.5) is 11.4 Å². The van der Waals surface area contributed by atoms with Crippen molar-refractivity contribution in [1.82, 2.24) is 5.32 Å². The maximum Gasteiger partial charge on any atom is 0.253 e. The third kappa shape index (κ3) is 3.65. The molecule has 20 heavy (non-hydrogen) atoms. The number of carbonyl (C=O) groups is 1. The van der Waals surface area contributed by atoms with Crippen LogP contribution in [-0.4, -0.2) is 26.0 Å². The third-order valence-electron chi connectivity index (χ3n) is 3.94. The summed E-state index contributed by atoms with van der Waals surface area (Å²) in [5, 5.41) is 3.18. The van der Waals surface area contributed by atoms with Crippen molar-refractivity contribution in [2.75, 3.05) is 24.7 Å². The molecule has 0 unspecified atom stereocenters. The maximum atomic E-state index is 12.5. The topological polar surface area (TPSA) is 58.4 Å². The van der Waals surface area contributed by atoms with Gasteiger partial charge in [0.2, 0.25) is 0 Å². The van der Waals surface area contributed by atoms with Crippen molar-refractivity contribution in [1.29, 1.82) is 0 Å². The van der Waals surface area contributed by atoms with Crippen LogP contribution < -0.4 is 16.0 Å². The molecule has 0 heterocycles. The van der Waals surface area contributed by atoms with E-state index < -0.39 is 0 Å². The van der Waals surface area contributed by atoms with Crippen LogP contribution >= 0.6 is 0 Å². The minimum Gasteiger partial charge on any atom is -0.399 e. The fourth-order valence-electron chi connectivity index (χ4n) is 2.81. The van der Waals surface area contributed by atoms with Gasteiger partial charge in [-0.2, -0.15) is 0 Å². The summed E-state index contributed by atoms with van der Waals surface area (Å²) in [7, 11) is 3.88. The fraction of sp³-hybridized carbons (Fsp3) is 0.562. The van der Waals surface area contributed by atoms with E-state index in [1.807, 2.05) is 31.1 Å². The van der Waals surface area contributed by atoms with Gasteiger partial charge in [0.1, 0.15) is 0 Å². The van der Waals surface area contributed by atoms with Gasteiger partial charge in [0.15, 0.2) is 0 Å². The van der Waals surface area contributed by atoms with Gasteiger partial charge in [-0.25, -0.2) is 0 Å². The summed E-state index contributed by atoms with van der Waals surface area (Å²) in [4.78, 5) is 14.5. The molecule has 3 N–H and O–H groups in total. The number of nitrogens with two attached hydrogens (primary N) is 1. The molecule has 4 heteroatoms. The van der Waals surface area contributed by atoms with Crippen molar-refractivity contribution in [3.8, 4) is 0 Å². The second-order valence-corrected chi connectivity index (χ2v) is 5.83. The highest BCUT2D eigenvalue weighted by atomic mass is 16.1. The summed E-state index contributed by atoms with van der Waals surface area (Å²) in [5.74, 6) is -0.00657. The lowest BCUT2D eigenvalue weighted by Gasteiger charge is -2.21. The van der Waals surface area contributed by atoms with E-state index in [0.717, 1.165) is 18.5 Å². The summed E-state index contributed by atoms with van der Waals surface area (Å²) in [6.07, 6.45) is 7.17. The number of hydrogen-bond donors (Lipinski definition) is 2.